The fourth-order valence-electron chi connectivity index (χ4n) is 0.449. The van der Waals surface area contributed by atoms with Gasteiger partial charge in [-0.15, -0.1) is 0 Å². The molecule has 0 N–H and O–H groups in total. The van der Waals surface area contributed by atoms with E-state index >= 15 is 0 Å². The van der Waals surface area contributed by atoms with Gasteiger partial charge in [0.15, 0.2) is 0 Å². The van der Waals surface area contributed by atoms with Gasteiger partial charge in [0, 0.05) is 16.1 Å². The second kappa shape index (κ2) is 2.65. The molecule has 0 fully saturated rings. The molecule has 1 heterocycles. The van der Waals surface area contributed by atoms with Gasteiger partial charge in [-0.05, 0) is 5.53 Å². The zero-order chi connectivity index (χ0) is 7.40. The standard InChI is InChI=1S/C4H3N5O/c5-8-7-4-1-2-9(10)6-3-4/h1-3H. The van der Waals surface area contributed by atoms with E-state index in [0.29, 0.717) is 10.5 Å². The van der Waals surface area contributed by atoms with Gasteiger partial charge in [0.05, 0.1) is 5.69 Å². The summed E-state index contributed by atoms with van der Waals surface area (Å²) in [6.45, 7) is 0. The van der Waals surface area contributed by atoms with Crippen molar-refractivity contribution in [1.82, 2.24) is 5.10 Å². The fraction of sp³-hybridized carbons (Fsp3) is 0. The first-order valence-corrected chi connectivity index (χ1v) is 2.43. The van der Waals surface area contributed by atoms with Crippen LogP contribution in [-0.4, -0.2) is 5.10 Å². The van der Waals surface area contributed by atoms with Crippen molar-refractivity contribution in [2.24, 2.45) is 5.11 Å². The van der Waals surface area contributed by atoms with Gasteiger partial charge in [-0.1, -0.05) is 9.96 Å². The molecule has 6 nitrogen and oxygen atoms in total. The third-order valence-corrected chi connectivity index (χ3v) is 0.837. The summed E-state index contributed by atoms with van der Waals surface area (Å²) >= 11 is 0. The van der Waals surface area contributed by atoms with Crippen molar-refractivity contribution in [2.75, 3.05) is 0 Å². The van der Waals surface area contributed by atoms with E-state index < -0.39 is 0 Å². The molecule has 1 rings (SSSR count). The predicted molar refractivity (Wildman–Crippen MR) is 32.0 cm³/mol. The second-order valence-corrected chi connectivity index (χ2v) is 1.48. The van der Waals surface area contributed by atoms with Crippen LogP contribution in [0, 0.1) is 5.21 Å². The maximum Gasteiger partial charge on any atom is 0.210 e. The molecule has 0 aliphatic heterocycles. The van der Waals surface area contributed by atoms with Gasteiger partial charge in [-0.25, -0.2) is 0 Å². The van der Waals surface area contributed by atoms with E-state index in [9.17, 15) is 5.21 Å². The number of nitrogens with zero attached hydrogens (tertiary/aromatic N) is 5. The molecule has 1 aromatic heterocycles. The van der Waals surface area contributed by atoms with Gasteiger partial charge in [0.2, 0.25) is 6.20 Å². The Morgan fingerprint density at radius 3 is 3.10 bits per heavy atom. The number of hydrogen-bond donors (Lipinski definition) is 0. The molecule has 0 saturated carbocycles. The smallest absolute Gasteiger partial charge is 0.210 e. The highest BCUT2D eigenvalue weighted by molar-refractivity contribution is 5.29. The average Bonchev–Trinajstić information content (AvgIpc) is 1.95. The summed E-state index contributed by atoms with van der Waals surface area (Å²) in [6, 6.07) is 1.37. The molecule has 0 radical (unpaired) electrons. The van der Waals surface area contributed by atoms with Crippen LogP contribution in [0.1, 0.15) is 0 Å². The lowest BCUT2D eigenvalue weighted by Crippen LogP contribution is -2.28. The molecule has 1 aromatic rings. The Morgan fingerprint density at radius 2 is 2.60 bits per heavy atom. The topological polar surface area (TPSA) is 88.6 Å². The third kappa shape index (κ3) is 1.33. The Hall–Kier alpha value is -1.81. The molecule has 0 saturated heterocycles. The van der Waals surface area contributed by atoms with E-state index in [4.69, 9.17) is 5.53 Å². The highest BCUT2D eigenvalue weighted by Gasteiger charge is 1.90. The van der Waals surface area contributed by atoms with Crippen molar-refractivity contribution in [3.8, 4) is 0 Å². The van der Waals surface area contributed by atoms with Crippen LogP contribution in [0.25, 0.3) is 10.4 Å². The highest BCUT2D eigenvalue weighted by atomic mass is 16.5. The molecule has 0 amide bonds. The molecule has 6 heteroatoms. The van der Waals surface area contributed by atoms with Crippen LogP contribution in [0.2, 0.25) is 0 Å². The summed E-state index contributed by atoms with van der Waals surface area (Å²) in [6.07, 6.45) is 2.34. The quantitative estimate of drug-likeness (QED) is 0.187. The molecule has 0 spiro atoms. The van der Waals surface area contributed by atoms with Crippen molar-refractivity contribution in [1.29, 1.82) is 0 Å². The van der Waals surface area contributed by atoms with Crippen molar-refractivity contribution in [3.63, 3.8) is 0 Å². The summed E-state index contributed by atoms with van der Waals surface area (Å²) in [5.41, 5.74) is 8.26. The van der Waals surface area contributed by atoms with Crippen LogP contribution in [0.5, 0.6) is 0 Å². The predicted octanol–water partition coefficient (Wildman–Crippen LogP) is 0.657. The third-order valence-electron chi connectivity index (χ3n) is 0.837. The van der Waals surface area contributed by atoms with Crippen molar-refractivity contribution in [3.05, 3.63) is 34.1 Å². The largest absolute Gasteiger partial charge is 0.594 e. The summed E-state index contributed by atoms with van der Waals surface area (Å²) in [4.78, 5) is 2.88. The van der Waals surface area contributed by atoms with Crippen LogP contribution in [0.15, 0.2) is 23.6 Å². The fourth-order valence-corrected chi connectivity index (χ4v) is 0.449. The van der Waals surface area contributed by atoms with E-state index in [1.54, 1.807) is 0 Å². The molecule has 0 atom stereocenters. The average molecular weight is 137 g/mol. The van der Waals surface area contributed by atoms with Crippen LogP contribution in [0.4, 0.5) is 5.69 Å². The minimum Gasteiger partial charge on any atom is -0.594 e. The molecule has 0 bridgehead atoms. The van der Waals surface area contributed by atoms with Crippen molar-refractivity contribution < 1.29 is 4.85 Å². The Bertz CT molecular complexity index is 261. The Balaban J connectivity index is 3.00. The zero-order valence-corrected chi connectivity index (χ0v) is 4.88. The number of hydrogen-bond acceptors (Lipinski definition) is 3. The van der Waals surface area contributed by atoms with E-state index in [1.165, 1.54) is 12.3 Å². The van der Waals surface area contributed by atoms with Gasteiger partial charge in [-0.2, -0.15) is 0 Å². The molecule has 0 aliphatic rings. The molecule has 0 unspecified atom stereocenters. The van der Waals surface area contributed by atoms with Crippen LogP contribution in [0.3, 0.4) is 0 Å². The molecule has 0 aliphatic carbocycles. The summed E-state index contributed by atoms with van der Waals surface area (Å²) in [5.74, 6) is 0. The second-order valence-electron chi connectivity index (χ2n) is 1.48. The molecular weight excluding hydrogens is 134 g/mol. The highest BCUT2D eigenvalue weighted by Crippen LogP contribution is 2.04. The van der Waals surface area contributed by atoms with Gasteiger partial charge in [0.25, 0.3) is 0 Å². The van der Waals surface area contributed by atoms with E-state index in [-0.39, 0.29) is 0 Å². The van der Waals surface area contributed by atoms with Crippen LogP contribution < -0.4 is 4.85 Å². The minimum absolute atomic E-state index is 0.328. The van der Waals surface area contributed by atoms with Gasteiger partial charge in [-0.3, -0.25) is 0 Å². The van der Waals surface area contributed by atoms with Gasteiger partial charge in [0.1, 0.15) is 6.20 Å². The number of azide groups is 1. The Labute approximate surface area is 55.9 Å². The first-order chi connectivity index (χ1) is 4.83. The molecule has 50 valence electrons. The van der Waals surface area contributed by atoms with E-state index in [1.807, 2.05) is 0 Å². The SMILES string of the molecule is [N-]=[N+]=Nc1cc[n+]([O-])nc1. The van der Waals surface area contributed by atoms with Crippen LogP contribution >= 0.6 is 0 Å². The Kier molecular flexibility index (Phi) is 1.67. The first-order valence-electron chi connectivity index (χ1n) is 2.43. The minimum atomic E-state index is 0.328. The Morgan fingerprint density at radius 1 is 1.80 bits per heavy atom. The zero-order valence-electron chi connectivity index (χ0n) is 4.88. The lowest BCUT2D eigenvalue weighted by atomic mass is 10.5. The van der Waals surface area contributed by atoms with Crippen LogP contribution in [-0.2, 0) is 0 Å². The lowest BCUT2D eigenvalue weighted by molar-refractivity contribution is -0.669. The lowest BCUT2D eigenvalue weighted by Gasteiger charge is -1.89. The normalized spacial score (nSPS) is 8.40. The summed E-state index contributed by atoms with van der Waals surface area (Å²) in [7, 11) is 0. The van der Waals surface area contributed by atoms with Crippen molar-refractivity contribution in [2.45, 2.75) is 0 Å². The maximum atomic E-state index is 10.3. The number of rotatable bonds is 1. The molecule has 0 aromatic carbocycles. The van der Waals surface area contributed by atoms with Gasteiger partial charge >= 0.3 is 0 Å². The summed E-state index contributed by atoms with van der Waals surface area (Å²) < 4.78 is 0. The van der Waals surface area contributed by atoms with Gasteiger partial charge < -0.3 is 5.21 Å². The van der Waals surface area contributed by atoms with E-state index in [2.05, 4.69) is 15.1 Å². The van der Waals surface area contributed by atoms with Crippen molar-refractivity contribution >= 4 is 5.69 Å². The first kappa shape index (κ1) is 6.31. The monoisotopic (exact) mass is 137 g/mol. The maximum absolute atomic E-state index is 10.3. The molecular formula is C4H3N5O. The number of aromatic nitrogens is 2. The summed E-state index contributed by atoms with van der Waals surface area (Å²) in [5, 5.41) is 16.8. The molecule has 10 heavy (non-hydrogen) atoms. The van der Waals surface area contributed by atoms with E-state index in [0.717, 1.165) is 6.20 Å².